The van der Waals surface area contributed by atoms with E-state index in [9.17, 15) is 14.7 Å². The molecule has 4 aromatic heterocycles. The van der Waals surface area contributed by atoms with Crippen LogP contribution in [0.15, 0.2) is 71.9 Å². The number of hydrogen-bond acceptors (Lipinski definition) is 10. The third-order valence-corrected chi connectivity index (χ3v) is 8.06. The first-order valence-corrected chi connectivity index (χ1v) is 15.2. The first-order chi connectivity index (χ1) is 22.4. The number of aromatic nitrogens is 6. The predicted octanol–water partition coefficient (Wildman–Crippen LogP) is 3.96. The first kappa shape index (κ1) is 31.9. The molecule has 1 aliphatic heterocycles. The summed E-state index contributed by atoms with van der Waals surface area (Å²) in [5.41, 5.74) is 7.85. The van der Waals surface area contributed by atoms with Crippen LogP contribution in [0.2, 0.25) is 5.02 Å². The van der Waals surface area contributed by atoms with Crippen LogP contribution in [-0.4, -0.2) is 72.2 Å². The molecule has 1 saturated heterocycles. The highest BCUT2D eigenvalue weighted by molar-refractivity contribution is 6.30. The number of carbonyl (C=O) groups excluding carboxylic acids is 1. The minimum atomic E-state index is -1.17. The molecule has 0 radical (unpaired) electrons. The van der Waals surface area contributed by atoms with Crippen molar-refractivity contribution in [3.05, 3.63) is 93.8 Å². The summed E-state index contributed by atoms with van der Waals surface area (Å²) in [6.45, 7) is 6.49. The number of methoxy groups -OCH3 is 1. The van der Waals surface area contributed by atoms with Crippen molar-refractivity contribution >= 4 is 34.8 Å². The fourth-order valence-electron chi connectivity index (χ4n) is 5.38. The number of nitrogens with two attached hydrogens (primary N) is 1. The van der Waals surface area contributed by atoms with E-state index < -0.39 is 17.1 Å². The lowest BCUT2D eigenvalue weighted by molar-refractivity contribution is 0.0546. The second kappa shape index (κ2) is 12.6. The van der Waals surface area contributed by atoms with E-state index in [2.05, 4.69) is 25.2 Å². The number of rotatable bonds is 9. The molecule has 1 amide bonds. The van der Waals surface area contributed by atoms with Gasteiger partial charge in [0.05, 0.1) is 59.1 Å². The lowest BCUT2D eigenvalue weighted by Crippen LogP contribution is -2.52. The van der Waals surface area contributed by atoms with Crippen molar-refractivity contribution in [3.8, 4) is 28.3 Å². The lowest BCUT2D eigenvalue weighted by atomic mass is 10.1. The minimum absolute atomic E-state index is 0.0545. The molecule has 14 heteroatoms. The van der Waals surface area contributed by atoms with Gasteiger partial charge in [-0.25, -0.2) is 19.6 Å². The zero-order valence-corrected chi connectivity index (χ0v) is 27.1. The second-order valence-corrected chi connectivity index (χ2v) is 12.4. The van der Waals surface area contributed by atoms with Gasteiger partial charge >= 0.3 is 0 Å². The minimum Gasteiger partial charge on any atom is -0.389 e. The highest BCUT2D eigenvalue weighted by Crippen LogP contribution is 2.29. The molecule has 1 aliphatic rings. The molecule has 0 spiro atoms. The van der Waals surface area contributed by atoms with Gasteiger partial charge in [0, 0.05) is 37.0 Å². The number of carbonyl (C=O) groups is 1. The molecule has 242 valence electrons. The van der Waals surface area contributed by atoms with E-state index in [0.29, 0.717) is 39.2 Å². The van der Waals surface area contributed by atoms with Gasteiger partial charge in [-0.2, -0.15) is 0 Å². The summed E-state index contributed by atoms with van der Waals surface area (Å²) in [6, 6.07) is 13.8. The van der Waals surface area contributed by atoms with Gasteiger partial charge in [0.15, 0.2) is 5.82 Å². The van der Waals surface area contributed by atoms with Crippen molar-refractivity contribution in [2.75, 3.05) is 36.1 Å². The van der Waals surface area contributed by atoms with Crippen LogP contribution in [0, 0.1) is 6.92 Å². The molecule has 0 unspecified atom stereocenters. The molecule has 4 N–H and O–H groups in total. The maximum Gasteiger partial charge on any atom is 0.284 e. The van der Waals surface area contributed by atoms with Crippen LogP contribution in [0.1, 0.15) is 29.9 Å². The Morgan fingerprint density at radius 1 is 1.11 bits per heavy atom. The Morgan fingerprint density at radius 3 is 2.57 bits per heavy atom. The molecule has 5 heterocycles. The van der Waals surface area contributed by atoms with Crippen molar-refractivity contribution in [1.82, 2.24) is 29.3 Å². The number of nitrogens with one attached hydrogen (secondary N) is 1. The standard InChI is InChI=1S/C33H34ClN9O4/c1-19-28(32(45)43(42(19)18-33(2,3)46)23-7-5-6-21(34)13-23)31(44)39-22-8-9-25(37-14-22)29-30(35)38-15-26(40-29)20-10-11-36-27(12-20)41-16-24(17-41)47-4/h5-15,24,46H,16-18H2,1-4H3,(H2,35,38)(H,39,44). The molecule has 6 rings (SSSR count). The third-order valence-electron chi connectivity index (χ3n) is 7.82. The summed E-state index contributed by atoms with van der Waals surface area (Å²) in [5.74, 6) is 0.392. The Kier molecular flexibility index (Phi) is 8.53. The average Bonchev–Trinajstić information content (AvgIpc) is 3.24. The van der Waals surface area contributed by atoms with E-state index in [1.54, 1.807) is 81.4 Å². The molecule has 0 saturated carbocycles. The zero-order valence-electron chi connectivity index (χ0n) is 26.3. The van der Waals surface area contributed by atoms with Crippen molar-refractivity contribution in [1.29, 1.82) is 0 Å². The van der Waals surface area contributed by atoms with Gasteiger partial charge < -0.3 is 25.8 Å². The highest BCUT2D eigenvalue weighted by atomic mass is 35.5. The van der Waals surface area contributed by atoms with Gasteiger partial charge in [0.1, 0.15) is 17.1 Å². The Bertz CT molecular complexity index is 2010. The fourth-order valence-corrected chi connectivity index (χ4v) is 5.57. The smallest absolute Gasteiger partial charge is 0.284 e. The van der Waals surface area contributed by atoms with E-state index in [-0.39, 0.29) is 24.0 Å². The van der Waals surface area contributed by atoms with Crippen LogP contribution in [-0.2, 0) is 11.3 Å². The Hall–Kier alpha value is -5.11. The van der Waals surface area contributed by atoms with Gasteiger partial charge in [0.25, 0.3) is 11.5 Å². The number of anilines is 3. The van der Waals surface area contributed by atoms with Crippen LogP contribution in [0.5, 0.6) is 0 Å². The number of pyridine rings is 2. The monoisotopic (exact) mass is 655 g/mol. The number of nitrogen functional groups attached to an aromatic ring is 1. The second-order valence-electron chi connectivity index (χ2n) is 12.0. The predicted molar refractivity (Wildman–Crippen MR) is 180 cm³/mol. The average molecular weight is 656 g/mol. The van der Waals surface area contributed by atoms with Crippen LogP contribution < -0.4 is 21.5 Å². The number of ether oxygens (including phenoxy) is 1. The van der Waals surface area contributed by atoms with Crippen molar-refractivity contribution in [3.63, 3.8) is 0 Å². The van der Waals surface area contributed by atoms with Crippen molar-refractivity contribution in [2.24, 2.45) is 0 Å². The zero-order chi connectivity index (χ0) is 33.5. The molecule has 1 fully saturated rings. The maximum absolute atomic E-state index is 13.7. The molecule has 0 atom stereocenters. The molecule has 0 bridgehead atoms. The molecule has 5 aromatic rings. The molecular formula is C33H34ClN9O4. The van der Waals surface area contributed by atoms with E-state index >= 15 is 0 Å². The summed E-state index contributed by atoms with van der Waals surface area (Å²) >= 11 is 6.21. The number of halogens is 1. The number of hydrogen-bond donors (Lipinski definition) is 3. The summed E-state index contributed by atoms with van der Waals surface area (Å²) in [4.78, 5) is 47.4. The molecule has 1 aromatic carbocycles. The van der Waals surface area contributed by atoms with Crippen molar-refractivity contribution < 1.29 is 14.6 Å². The topological polar surface area (TPSA) is 166 Å². The van der Waals surface area contributed by atoms with E-state index in [4.69, 9.17) is 27.1 Å². The molecule has 0 aliphatic carbocycles. The fraction of sp³-hybridized carbons (Fsp3) is 0.273. The first-order valence-electron chi connectivity index (χ1n) is 14.9. The molecule has 47 heavy (non-hydrogen) atoms. The summed E-state index contributed by atoms with van der Waals surface area (Å²) in [6.07, 6.45) is 4.98. The summed E-state index contributed by atoms with van der Waals surface area (Å²) < 4.78 is 8.29. The number of aliphatic hydroxyl groups is 1. The van der Waals surface area contributed by atoms with Crippen LogP contribution in [0.25, 0.3) is 28.3 Å². The lowest BCUT2D eigenvalue weighted by Gasteiger charge is -2.39. The number of benzene rings is 1. The van der Waals surface area contributed by atoms with Gasteiger partial charge in [-0.3, -0.25) is 19.3 Å². The van der Waals surface area contributed by atoms with Crippen molar-refractivity contribution in [2.45, 2.75) is 39.0 Å². The van der Waals surface area contributed by atoms with Gasteiger partial charge in [0.2, 0.25) is 0 Å². The maximum atomic E-state index is 13.7. The van der Waals surface area contributed by atoms with Gasteiger partial charge in [-0.1, -0.05) is 17.7 Å². The van der Waals surface area contributed by atoms with Crippen LogP contribution in [0.3, 0.4) is 0 Å². The summed E-state index contributed by atoms with van der Waals surface area (Å²) in [7, 11) is 1.70. The SMILES string of the molecule is COC1CN(c2cc(-c3cnc(N)c(-c4ccc(NC(=O)c5c(C)n(CC(C)(C)O)n(-c6cccc(Cl)c6)c5=O)cn4)n3)ccn2)C1. The normalized spacial score (nSPS) is 13.4. The highest BCUT2D eigenvalue weighted by Gasteiger charge is 2.28. The van der Waals surface area contributed by atoms with Crippen LogP contribution in [0.4, 0.5) is 17.3 Å². The Balaban J connectivity index is 1.25. The Labute approximate surface area is 275 Å². The van der Waals surface area contributed by atoms with E-state index in [1.165, 1.54) is 10.9 Å². The molecule has 13 nitrogen and oxygen atoms in total. The van der Waals surface area contributed by atoms with Gasteiger partial charge in [-0.05, 0) is 63.2 Å². The van der Waals surface area contributed by atoms with E-state index in [1.807, 2.05) is 12.1 Å². The Morgan fingerprint density at radius 2 is 1.89 bits per heavy atom. The number of amides is 1. The number of nitrogens with zero attached hydrogens (tertiary/aromatic N) is 7. The third kappa shape index (κ3) is 6.59. The van der Waals surface area contributed by atoms with Crippen LogP contribution >= 0.6 is 11.6 Å². The van der Waals surface area contributed by atoms with Gasteiger partial charge in [-0.15, -0.1) is 0 Å². The van der Waals surface area contributed by atoms with E-state index in [0.717, 1.165) is 24.5 Å². The largest absolute Gasteiger partial charge is 0.389 e. The molecular weight excluding hydrogens is 622 g/mol. The quantitative estimate of drug-likeness (QED) is 0.212. The summed E-state index contributed by atoms with van der Waals surface area (Å²) in [5, 5.41) is 13.8.